The van der Waals surface area contributed by atoms with Gasteiger partial charge in [0.1, 0.15) is 5.82 Å². The molecule has 0 aliphatic heterocycles. The second kappa shape index (κ2) is 5.78. The lowest BCUT2D eigenvalue weighted by atomic mass is 10.1. The Morgan fingerprint density at radius 3 is 2.67 bits per heavy atom. The van der Waals surface area contributed by atoms with Gasteiger partial charge in [-0.1, -0.05) is 6.07 Å². The molecule has 0 aromatic heterocycles. The summed E-state index contributed by atoms with van der Waals surface area (Å²) >= 11 is 0. The highest BCUT2D eigenvalue weighted by molar-refractivity contribution is 7.89. The molecule has 0 spiro atoms. The molecule has 0 aliphatic rings. The zero-order valence-electron chi connectivity index (χ0n) is 9.39. The van der Waals surface area contributed by atoms with Crippen LogP contribution in [0.4, 0.5) is 10.1 Å². The average molecular weight is 276 g/mol. The number of nitrogens with one attached hydrogen (secondary N) is 1. The second-order valence-corrected chi connectivity index (χ2v) is 5.35. The molecular weight excluding hydrogens is 263 g/mol. The number of para-hydroxylation sites is 1. The maximum atomic E-state index is 13.4. The lowest BCUT2D eigenvalue weighted by Gasteiger charge is -2.10. The van der Waals surface area contributed by atoms with E-state index in [9.17, 15) is 17.6 Å². The van der Waals surface area contributed by atoms with Crippen LogP contribution >= 0.6 is 0 Å². The van der Waals surface area contributed by atoms with Gasteiger partial charge in [0.05, 0.1) is 17.0 Å². The molecule has 8 heteroatoms. The van der Waals surface area contributed by atoms with Crippen molar-refractivity contribution in [2.45, 2.75) is 6.42 Å². The summed E-state index contributed by atoms with van der Waals surface area (Å²) in [6, 6.07) is 3.66. The summed E-state index contributed by atoms with van der Waals surface area (Å²) in [7, 11) is -3.57. The van der Waals surface area contributed by atoms with Gasteiger partial charge < -0.3 is 10.4 Å². The highest BCUT2D eigenvalue weighted by atomic mass is 32.2. The minimum Gasteiger partial charge on any atom is -0.478 e. The first-order chi connectivity index (χ1) is 8.31. The van der Waals surface area contributed by atoms with Gasteiger partial charge in [-0.15, -0.1) is 0 Å². The van der Waals surface area contributed by atoms with Crippen molar-refractivity contribution in [1.29, 1.82) is 0 Å². The molecule has 4 N–H and O–H groups in total. The topological polar surface area (TPSA) is 109 Å². The van der Waals surface area contributed by atoms with Crippen LogP contribution in [-0.2, 0) is 10.0 Å². The summed E-state index contributed by atoms with van der Waals surface area (Å²) in [5, 5.41) is 16.2. The molecule has 0 aliphatic carbocycles. The minimum absolute atomic E-state index is 0.109. The number of carboxylic acid groups (broad SMARTS) is 1. The standard InChI is InChI=1S/C10H13FN2O4S/c11-8-4-1-3-7(10(14)15)9(8)13-5-2-6-18(12,16)17/h1,3-4,13H,2,5-6H2,(H,14,15)(H2,12,16,17). The number of halogens is 1. The molecule has 1 aromatic carbocycles. The van der Waals surface area contributed by atoms with E-state index in [4.69, 9.17) is 10.2 Å². The number of nitrogens with two attached hydrogens (primary N) is 1. The van der Waals surface area contributed by atoms with E-state index in [1.165, 1.54) is 12.1 Å². The van der Waals surface area contributed by atoms with Gasteiger partial charge in [0, 0.05) is 6.54 Å². The van der Waals surface area contributed by atoms with E-state index in [0.29, 0.717) is 0 Å². The minimum atomic E-state index is -3.57. The lowest BCUT2D eigenvalue weighted by Crippen LogP contribution is -2.19. The maximum absolute atomic E-state index is 13.4. The average Bonchev–Trinajstić information content (AvgIpc) is 2.24. The fourth-order valence-corrected chi connectivity index (χ4v) is 1.92. The molecule has 0 amide bonds. The van der Waals surface area contributed by atoms with Crippen molar-refractivity contribution in [2.24, 2.45) is 5.14 Å². The van der Waals surface area contributed by atoms with Gasteiger partial charge in [0.2, 0.25) is 10.0 Å². The number of carbonyl (C=O) groups is 1. The fourth-order valence-electron chi connectivity index (χ4n) is 1.37. The summed E-state index contributed by atoms with van der Waals surface area (Å²) in [5.74, 6) is -2.22. The van der Waals surface area contributed by atoms with Gasteiger partial charge in [0.15, 0.2) is 0 Å². The van der Waals surface area contributed by atoms with Crippen molar-refractivity contribution in [2.75, 3.05) is 17.6 Å². The van der Waals surface area contributed by atoms with Gasteiger partial charge in [0.25, 0.3) is 0 Å². The van der Waals surface area contributed by atoms with E-state index in [0.717, 1.165) is 6.07 Å². The molecular formula is C10H13FN2O4S. The summed E-state index contributed by atoms with van der Waals surface area (Å²) in [5.41, 5.74) is -0.356. The van der Waals surface area contributed by atoms with Gasteiger partial charge in [-0.3, -0.25) is 0 Å². The Bertz CT molecular complexity index is 545. The first-order valence-corrected chi connectivity index (χ1v) is 6.79. The van der Waals surface area contributed by atoms with Crippen LogP contribution in [0.2, 0.25) is 0 Å². The molecule has 1 rings (SSSR count). The SMILES string of the molecule is NS(=O)(=O)CCCNc1c(F)cccc1C(=O)O. The Labute approximate surface area is 104 Å². The summed E-state index contributed by atoms with van der Waals surface area (Å²) < 4.78 is 34.7. The second-order valence-electron chi connectivity index (χ2n) is 3.61. The number of carboxylic acids is 1. The fraction of sp³-hybridized carbons (Fsp3) is 0.300. The number of anilines is 1. The third-order valence-corrected chi connectivity index (χ3v) is 3.01. The summed E-state index contributed by atoms with van der Waals surface area (Å²) in [4.78, 5) is 10.8. The van der Waals surface area contributed by atoms with E-state index in [2.05, 4.69) is 5.32 Å². The molecule has 0 radical (unpaired) electrons. The Hall–Kier alpha value is -1.67. The number of rotatable bonds is 6. The van der Waals surface area contributed by atoms with Gasteiger partial charge in [-0.05, 0) is 18.6 Å². The zero-order chi connectivity index (χ0) is 13.8. The molecule has 0 bridgehead atoms. The summed E-state index contributed by atoms with van der Waals surface area (Å²) in [6.07, 6.45) is 0.159. The van der Waals surface area contributed by atoms with Crippen molar-refractivity contribution < 1.29 is 22.7 Å². The van der Waals surface area contributed by atoms with Crippen molar-refractivity contribution >= 4 is 21.7 Å². The van der Waals surface area contributed by atoms with Crippen LogP contribution < -0.4 is 10.5 Å². The highest BCUT2D eigenvalue weighted by Gasteiger charge is 2.13. The molecule has 0 unspecified atom stereocenters. The van der Waals surface area contributed by atoms with E-state index in [1.807, 2.05) is 0 Å². The third-order valence-electron chi connectivity index (χ3n) is 2.15. The molecule has 0 saturated heterocycles. The Morgan fingerprint density at radius 2 is 2.11 bits per heavy atom. The first kappa shape index (κ1) is 14.4. The number of hydrogen-bond donors (Lipinski definition) is 3. The molecule has 100 valence electrons. The van der Waals surface area contributed by atoms with Crippen LogP contribution in [0, 0.1) is 5.82 Å². The smallest absolute Gasteiger partial charge is 0.337 e. The van der Waals surface area contributed by atoms with Crippen molar-refractivity contribution in [1.82, 2.24) is 0 Å². The molecule has 18 heavy (non-hydrogen) atoms. The number of aromatic carboxylic acids is 1. The van der Waals surface area contributed by atoms with Crippen LogP contribution in [0.25, 0.3) is 0 Å². The maximum Gasteiger partial charge on any atom is 0.337 e. The van der Waals surface area contributed by atoms with Crippen molar-refractivity contribution in [3.05, 3.63) is 29.6 Å². The van der Waals surface area contributed by atoms with E-state index in [-0.39, 0.29) is 30.0 Å². The van der Waals surface area contributed by atoms with Crippen molar-refractivity contribution in [3.8, 4) is 0 Å². The van der Waals surface area contributed by atoms with Crippen LogP contribution in [0.5, 0.6) is 0 Å². The number of sulfonamides is 1. The number of benzene rings is 1. The highest BCUT2D eigenvalue weighted by Crippen LogP contribution is 2.19. The predicted molar refractivity (Wildman–Crippen MR) is 64.4 cm³/mol. The van der Waals surface area contributed by atoms with Crippen LogP contribution in [0.3, 0.4) is 0 Å². The number of hydrogen-bond acceptors (Lipinski definition) is 4. The monoisotopic (exact) mass is 276 g/mol. The quantitative estimate of drug-likeness (QED) is 0.660. The molecule has 0 atom stereocenters. The van der Waals surface area contributed by atoms with Crippen molar-refractivity contribution in [3.63, 3.8) is 0 Å². The molecule has 0 saturated carbocycles. The Balaban J connectivity index is 2.70. The third kappa shape index (κ3) is 4.30. The zero-order valence-corrected chi connectivity index (χ0v) is 10.2. The van der Waals surface area contributed by atoms with Crippen LogP contribution in [-0.4, -0.2) is 31.8 Å². The Morgan fingerprint density at radius 1 is 1.44 bits per heavy atom. The van der Waals surface area contributed by atoms with Crippen LogP contribution in [0.1, 0.15) is 16.8 Å². The summed E-state index contributed by atoms with van der Waals surface area (Å²) in [6.45, 7) is 0.109. The van der Waals surface area contributed by atoms with E-state index < -0.39 is 21.8 Å². The molecule has 6 nitrogen and oxygen atoms in total. The largest absolute Gasteiger partial charge is 0.478 e. The molecule has 0 fully saturated rings. The predicted octanol–water partition coefficient (Wildman–Crippen LogP) is 0.614. The normalized spacial score (nSPS) is 11.2. The Kier molecular flexibility index (Phi) is 4.62. The van der Waals surface area contributed by atoms with Gasteiger partial charge >= 0.3 is 5.97 Å². The van der Waals surface area contributed by atoms with E-state index in [1.54, 1.807) is 0 Å². The van der Waals surface area contributed by atoms with E-state index >= 15 is 0 Å². The van der Waals surface area contributed by atoms with Crippen LogP contribution in [0.15, 0.2) is 18.2 Å². The lowest BCUT2D eigenvalue weighted by molar-refractivity contribution is 0.0697. The molecule has 0 heterocycles. The molecule has 1 aromatic rings. The number of primary sulfonamides is 1. The first-order valence-electron chi connectivity index (χ1n) is 5.07. The van der Waals surface area contributed by atoms with Gasteiger partial charge in [-0.25, -0.2) is 22.7 Å². The van der Waals surface area contributed by atoms with Gasteiger partial charge in [-0.2, -0.15) is 0 Å².